The van der Waals surface area contributed by atoms with Crippen LogP contribution in [-0.2, 0) is 4.79 Å². The molecule has 0 spiro atoms. The number of hydrogen-bond donors (Lipinski definition) is 2. The van der Waals surface area contributed by atoms with Gasteiger partial charge >= 0.3 is 0 Å². The van der Waals surface area contributed by atoms with Crippen molar-refractivity contribution < 1.29 is 9.90 Å². The van der Waals surface area contributed by atoms with E-state index in [4.69, 9.17) is 0 Å². The van der Waals surface area contributed by atoms with Crippen molar-refractivity contribution in [3.05, 3.63) is 0 Å². The lowest BCUT2D eigenvalue weighted by Gasteiger charge is -2.40. The summed E-state index contributed by atoms with van der Waals surface area (Å²) in [6.45, 7) is 5.69. The van der Waals surface area contributed by atoms with Crippen molar-refractivity contribution in [3.63, 3.8) is 0 Å². The third-order valence-corrected chi connectivity index (χ3v) is 5.18. The molecule has 0 aromatic heterocycles. The van der Waals surface area contributed by atoms with Crippen LogP contribution >= 0.6 is 0 Å². The number of rotatable bonds is 6. The highest BCUT2D eigenvalue weighted by Gasteiger charge is 2.32. The first-order valence-corrected chi connectivity index (χ1v) is 7.77. The first-order valence-electron chi connectivity index (χ1n) is 7.77. The van der Waals surface area contributed by atoms with E-state index in [9.17, 15) is 9.90 Å². The minimum absolute atomic E-state index is 0.110. The van der Waals surface area contributed by atoms with Crippen LogP contribution in [0, 0.1) is 11.3 Å². The number of amides is 1. The van der Waals surface area contributed by atoms with Crippen LogP contribution in [0.2, 0.25) is 0 Å². The number of nitrogens with one attached hydrogen (secondary N) is 1. The van der Waals surface area contributed by atoms with E-state index in [0.717, 1.165) is 44.8 Å². The van der Waals surface area contributed by atoms with Gasteiger partial charge in [0.25, 0.3) is 0 Å². The Balaban J connectivity index is 1.65. The molecule has 0 aromatic rings. The third-order valence-electron chi connectivity index (χ3n) is 5.18. The van der Waals surface area contributed by atoms with E-state index in [1.807, 2.05) is 0 Å². The van der Waals surface area contributed by atoms with Gasteiger partial charge in [-0.1, -0.05) is 13.3 Å². The Morgan fingerprint density at radius 2 is 2.05 bits per heavy atom. The molecule has 1 heterocycles. The molecule has 0 unspecified atom stereocenters. The van der Waals surface area contributed by atoms with Crippen LogP contribution in [0.1, 0.15) is 45.4 Å². The molecule has 110 valence electrons. The summed E-state index contributed by atoms with van der Waals surface area (Å²) in [6, 6.07) is 0. The summed E-state index contributed by atoms with van der Waals surface area (Å²) in [5, 5.41) is 12.5. The zero-order valence-electron chi connectivity index (χ0n) is 12.2. The van der Waals surface area contributed by atoms with E-state index in [2.05, 4.69) is 17.1 Å². The molecule has 2 aliphatic rings. The highest BCUT2D eigenvalue weighted by molar-refractivity contribution is 5.78. The molecule has 1 saturated heterocycles. The number of carbonyl (C=O) groups is 1. The van der Waals surface area contributed by atoms with Gasteiger partial charge in [0.05, 0.1) is 6.54 Å². The van der Waals surface area contributed by atoms with Gasteiger partial charge in [0, 0.05) is 13.2 Å². The smallest absolute Gasteiger partial charge is 0.234 e. The van der Waals surface area contributed by atoms with Crippen molar-refractivity contribution in [1.29, 1.82) is 0 Å². The summed E-state index contributed by atoms with van der Waals surface area (Å²) in [5.41, 5.74) is 0.110. The lowest BCUT2D eigenvalue weighted by atomic mass is 9.77. The molecule has 19 heavy (non-hydrogen) atoms. The molecule has 2 rings (SSSR count). The maximum atomic E-state index is 11.9. The minimum atomic E-state index is 0.110. The topological polar surface area (TPSA) is 52.6 Å². The second-order valence-electron chi connectivity index (χ2n) is 6.39. The molecule has 0 radical (unpaired) electrons. The summed E-state index contributed by atoms with van der Waals surface area (Å²) in [4.78, 5) is 14.1. The zero-order valence-corrected chi connectivity index (χ0v) is 12.2. The second kappa shape index (κ2) is 6.71. The standard InChI is InChI=1S/C15H28N2O2/c1-2-15(12-18)6-8-17(9-7-15)11-14(19)16-10-13-4-3-5-13/h13,18H,2-12H2,1H3,(H,16,19). The largest absolute Gasteiger partial charge is 0.396 e. The van der Waals surface area contributed by atoms with E-state index < -0.39 is 0 Å². The normalized spacial score (nSPS) is 23.9. The minimum Gasteiger partial charge on any atom is -0.396 e. The lowest BCUT2D eigenvalue weighted by molar-refractivity contribution is -0.123. The number of hydrogen-bond acceptors (Lipinski definition) is 3. The van der Waals surface area contributed by atoms with Crippen molar-refractivity contribution in [1.82, 2.24) is 10.2 Å². The van der Waals surface area contributed by atoms with Crippen LogP contribution in [0.25, 0.3) is 0 Å². The molecule has 0 aromatic carbocycles. The monoisotopic (exact) mass is 268 g/mol. The number of nitrogens with zero attached hydrogens (tertiary/aromatic N) is 1. The molecule has 2 N–H and O–H groups in total. The van der Waals surface area contributed by atoms with Crippen LogP contribution < -0.4 is 5.32 Å². The molecule has 4 nitrogen and oxygen atoms in total. The summed E-state index contributed by atoms with van der Waals surface area (Å²) in [5.74, 6) is 0.896. The van der Waals surface area contributed by atoms with Gasteiger partial charge in [-0.3, -0.25) is 9.69 Å². The number of aliphatic hydroxyl groups is 1. The number of likely N-dealkylation sites (tertiary alicyclic amines) is 1. The Labute approximate surface area is 116 Å². The Morgan fingerprint density at radius 1 is 1.37 bits per heavy atom. The van der Waals surface area contributed by atoms with E-state index in [0.29, 0.717) is 6.54 Å². The highest BCUT2D eigenvalue weighted by Crippen LogP contribution is 2.33. The number of aliphatic hydroxyl groups excluding tert-OH is 1. The van der Waals surface area contributed by atoms with E-state index in [-0.39, 0.29) is 17.9 Å². The molecule has 2 fully saturated rings. The molecule has 0 atom stereocenters. The van der Waals surface area contributed by atoms with Crippen LogP contribution in [0.15, 0.2) is 0 Å². The number of carbonyl (C=O) groups excluding carboxylic acids is 1. The van der Waals surface area contributed by atoms with Crippen LogP contribution in [-0.4, -0.2) is 48.7 Å². The molecule has 0 bridgehead atoms. The van der Waals surface area contributed by atoms with Gasteiger partial charge in [-0.15, -0.1) is 0 Å². The van der Waals surface area contributed by atoms with Crippen LogP contribution in [0.3, 0.4) is 0 Å². The van der Waals surface area contributed by atoms with E-state index in [1.54, 1.807) is 0 Å². The fraction of sp³-hybridized carbons (Fsp3) is 0.933. The van der Waals surface area contributed by atoms with Crippen LogP contribution in [0.5, 0.6) is 0 Å². The van der Waals surface area contributed by atoms with E-state index in [1.165, 1.54) is 19.3 Å². The fourth-order valence-electron chi connectivity index (χ4n) is 3.02. The molecule has 1 aliphatic carbocycles. The van der Waals surface area contributed by atoms with Gasteiger partial charge in [0.2, 0.25) is 5.91 Å². The molecule has 1 amide bonds. The molecule has 4 heteroatoms. The second-order valence-corrected chi connectivity index (χ2v) is 6.39. The Morgan fingerprint density at radius 3 is 2.53 bits per heavy atom. The highest BCUT2D eigenvalue weighted by atomic mass is 16.3. The zero-order chi connectivity index (χ0) is 13.7. The third kappa shape index (κ3) is 3.93. The summed E-state index contributed by atoms with van der Waals surface area (Å²) < 4.78 is 0. The first-order chi connectivity index (χ1) is 9.17. The van der Waals surface area contributed by atoms with Crippen molar-refractivity contribution in [3.8, 4) is 0 Å². The predicted octanol–water partition coefficient (Wildman–Crippen LogP) is 1.39. The maximum absolute atomic E-state index is 11.9. The van der Waals surface area contributed by atoms with Gasteiger partial charge in [-0.05, 0) is 56.5 Å². The Kier molecular flexibility index (Phi) is 5.22. The summed E-state index contributed by atoms with van der Waals surface area (Å²) in [7, 11) is 0. The van der Waals surface area contributed by atoms with Gasteiger partial charge in [0.1, 0.15) is 0 Å². The van der Waals surface area contributed by atoms with Gasteiger partial charge in [0.15, 0.2) is 0 Å². The van der Waals surface area contributed by atoms with Gasteiger partial charge in [-0.2, -0.15) is 0 Å². The van der Waals surface area contributed by atoms with Crippen LogP contribution in [0.4, 0.5) is 0 Å². The molecular weight excluding hydrogens is 240 g/mol. The SMILES string of the molecule is CCC1(CO)CCN(CC(=O)NCC2CCC2)CC1. The Hall–Kier alpha value is -0.610. The summed E-state index contributed by atoms with van der Waals surface area (Å²) >= 11 is 0. The maximum Gasteiger partial charge on any atom is 0.234 e. The van der Waals surface area contributed by atoms with Crippen molar-refractivity contribution in [2.24, 2.45) is 11.3 Å². The van der Waals surface area contributed by atoms with E-state index >= 15 is 0 Å². The summed E-state index contributed by atoms with van der Waals surface area (Å²) in [6.07, 6.45) is 6.93. The number of piperidine rings is 1. The Bertz CT molecular complexity index is 289. The fourth-order valence-corrected chi connectivity index (χ4v) is 3.02. The molecular formula is C15H28N2O2. The first kappa shape index (κ1) is 14.8. The van der Waals surface area contributed by atoms with Crippen molar-refractivity contribution >= 4 is 5.91 Å². The average molecular weight is 268 g/mol. The quantitative estimate of drug-likeness (QED) is 0.765. The van der Waals surface area contributed by atoms with Crippen molar-refractivity contribution in [2.45, 2.75) is 45.4 Å². The van der Waals surface area contributed by atoms with Gasteiger partial charge in [-0.25, -0.2) is 0 Å². The average Bonchev–Trinajstić information content (AvgIpc) is 2.38. The molecule has 1 saturated carbocycles. The predicted molar refractivity (Wildman–Crippen MR) is 75.8 cm³/mol. The van der Waals surface area contributed by atoms with Crippen molar-refractivity contribution in [2.75, 3.05) is 32.8 Å². The van der Waals surface area contributed by atoms with Gasteiger partial charge < -0.3 is 10.4 Å². The lowest BCUT2D eigenvalue weighted by Crippen LogP contribution is -2.46. The molecule has 1 aliphatic heterocycles.